The molecule has 92 valence electrons. The number of carboxylic acids is 1. The number of methoxy groups -OCH3 is 1. The Balaban J connectivity index is 0. The summed E-state index contributed by atoms with van der Waals surface area (Å²) in [5, 5.41) is 7.42. The standard InChI is InChI=1S/C8H10.C3H8O.C2H4O2/c1-2-8-6-4-3-5-7-8;1-3-4-2;1-2(3)4/h3-7H,2H2,1H3;3H2,1-2H3;1H3,(H,3,4). The second-order valence-electron chi connectivity index (χ2n) is 2.94. The van der Waals surface area contributed by atoms with Crippen LogP contribution >= 0.6 is 0 Å². The number of hydrogen-bond donors (Lipinski definition) is 1. The first kappa shape index (κ1) is 17.1. The van der Waals surface area contributed by atoms with Crippen LogP contribution in [0.25, 0.3) is 0 Å². The molecule has 3 nitrogen and oxygen atoms in total. The molecule has 0 bridgehead atoms. The maximum absolute atomic E-state index is 9.00. The normalized spacial score (nSPS) is 8.00. The van der Waals surface area contributed by atoms with E-state index in [9.17, 15) is 0 Å². The van der Waals surface area contributed by atoms with Gasteiger partial charge < -0.3 is 9.84 Å². The van der Waals surface area contributed by atoms with Gasteiger partial charge in [-0.3, -0.25) is 4.79 Å². The molecule has 0 aliphatic rings. The molecule has 0 radical (unpaired) electrons. The first-order chi connectivity index (χ1) is 7.58. The van der Waals surface area contributed by atoms with E-state index in [1.54, 1.807) is 7.11 Å². The van der Waals surface area contributed by atoms with Crippen molar-refractivity contribution in [2.75, 3.05) is 13.7 Å². The molecule has 1 rings (SSSR count). The summed E-state index contributed by atoms with van der Waals surface area (Å²) >= 11 is 0. The summed E-state index contributed by atoms with van der Waals surface area (Å²) in [6.45, 7) is 6.02. The fourth-order valence-corrected chi connectivity index (χ4v) is 0.714. The van der Waals surface area contributed by atoms with Gasteiger partial charge in [0.15, 0.2) is 0 Å². The second-order valence-corrected chi connectivity index (χ2v) is 2.94. The lowest BCUT2D eigenvalue weighted by Gasteiger charge is -1.89. The van der Waals surface area contributed by atoms with Crippen LogP contribution in [-0.2, 0) is 16.0 Å². The number of carbonyl (C=O) groups is 1. The van der Waals surface area contributed by atoms with E-state index in [-0.39, 0.29) is 0 Å². The van der Waals surface area contributed by atoms with E-state index in [4.69, 9.17) is 9.90 Å². The topological polar surface area (TPSA) is 46.5 Å². The zero-order valence-corrected chi connectivity index (χ0v) is 10.6. The van der Waals surface area contributed by atoms with Crippen LogP contribution in [-0.4, -0.2) is 24.8 Å². The van der Waals surface area contributed by atoms with Gasteiger partial charge in [-0.05, 0) is 18.9 Å². The summed E-state index contributed by atoms with van der Waals surface area (Å²) in [4.78, 5) is 9.00. The Bertz CT molecular complexity index is 239. The third-order valence-corrected chi connectivity index (χ3v) is 1.54. The van der Waals surface area contributed by atoms with Crippen LogP contribution < -0.4 is 0 Å². The Labute approximate surface area is 98.1 Å². The predicted molar refractivity (Wildman–Crippen MR) is 66.7 cm³/mol. The van der Waals surface area contributed by atoms with Gasteiger partial charge in [-0.25, -0.2) is 0 Å². The van der Waals surface area contributed by atoms with E-state index < -0.39 is 5.97 Å². The van der Waals surface area contributed by atoms with Crippen molar-refractivity contribution in [2.24, 2.45) is 0 Å². The van der Waals surface area contributed by atoms with Crippen molar-refractivity contribution in [3.05, 3.63) is 35.9 Å². The van der Waals surface area contributed by atoms with Crippen molar-refractivity contribution < 1.29 is 14.6 Å². The summed E-state index contributed by atoms with van der Waals surface area (Å²) in [6, 6.07) is 10.5. The SMILES string of the molecule is CC(=O)O.CCOC.CCc1ccccc1. The summed E-state index contributed by atoms with van der Waals surface area (Å²) < 4.78 is 4.54. The molecule has 0 spiro atoms. The van der Waals surface area contributed by atoms with Crippen molar-refractivity contribution in [2.45, 2.75) is 27.2 Å². The van der Waals surface area contributed by atoms with Crippen LogP contribution in [0.4, 0.5) is 0 Å². The molecule has 0 atom stereocenters. The van der Waals surface area contributed by atoms with Crippen molar-refractivity contribution in [1.29, 1.82) is 0 Å². The van der Waals surface area contributed by atoms with Crippen molar-refractivity contribution in [3.63, 3.8) is 0 Å². The van der Waals surface area contributed by atoms with E-state index in [0.29, 0.717) is 0 Å². The van der Waals surface area contributed by atoms with Gasteiger partial charge in [0.2, 0.25) is 0 Å². The maximum Gasteiger partial charge on any atom is 0.300 e. The minimum Gasteiger partial charge on any atom is -0.481 e. The molecular formula is C13H22O3. The highest BCUT2D eigenvalue weighted by Gasteiger charge is 1.79. The highest BCUT2D eigenvalue weighted by atomic mass is 16.5. The van der Waals surface area contributed by atoms with E-state index in [2.05, 4.69) is 35.9 Å². The maximum atomic E-state index is 9.00. The van der Waals surface area contributed by atoms with Crippen molar-refractivity contribution in [3.8, 4) is 0 Å². The first-order valence-corrected chi connectivity index (χ1v) is 5.30. The summed E-state index contributed by atoms with van der Waals surface area (Å²) in [7, 11) is 1.68. The van der Waals surface area contributed by atoms with Gasteiger partial charge >= 0.3 is 0 Å². The molecule has 0 aliphatic heterocycles. The lowest BCUT2D eigenvalue weighted by atomic mass is 10.2. The van der Waals surface area contributed by atoms with Gasteiger partial charge in [0.05, 0.1) is 0 Å². The Morgan fingerprint density at radius 1 is 1.25 bits per heavy atom. The third-order valence-electron chi connectivity index (χ3n) is 1.54. The summed E-state index contributed by atoms with van der Waals surface area (Å²) in [5.41, 5.74) is 1.41. The molecule has 1 N–H and O–H groups in total. The molecule has 0 amide bonds. The zero-order valence-electron chi connectivity index (χ0n) is 10.6. The van der Waals surface area contributed by atoms with Crippen molar-refractivity contribution >= 4 is 5.97 Å². The van der Waals surface area contributed by atoms with Crippen LogP contribution in [0.5, 0.6) is 0 Å². The van der Waals surface area contributed by atoms with Crippen LogP contribution in [0.1, 0.15) is 26.3 Å². The molecule has 0 unspecified atom stereocenters. The summed E-state index contributed by atoms with van der Waals surface area (Å²) in [5.74, 6) is -0.833. The van der Waals surface area contributed by atoms with Gasteiger partial charge in [0, 0.05) is 20.6 Å². The van der Waals surface area contributed by atoms with Gasteiger partial charge in [-0.2, -0.15) is 0 Å². The molecule has 16 heavy (non-hydrogen) atoms. The average Bonchev–Trinajstić information content (AvgIpc) is 2.30. The minimum absolute atomic E-state index is 0.819. The predicted octanol–water partition coefficient (Wildman–Crippen LogP) is 2.99. The monoisotopic (exact) mass is 226 g/mol. The number of rotatable bonds is 2. The Hall–Kier alpha value is -1.35. The number of benzene rings is 1. The van der Waals surface area contributed by atoms with Crippen LogP contribution in [0, 0.1) is 0 Å². The van der Waals surface area contributed by atoms with E-state index in [1.165, 1.54) is 5.56 Å². The first-order valence-electron chi connectivity index (χ1n) is 5.30. The molecule has 0 aliphatic carbocycles. The van der Waals surface area contributed by atoms with Gasteiger partial charge in [-0.15, -0.1) is 0 Å². The number of ether oxygens (including phenoxy) is 1. The fourth-order valence-electron chi connectivity index (χ4n) is 0.714. The molecular weight excluding hydrogens is 204 g/mol. The number of aryl methyl sites for hydroxylation is 1. The quantitative estimate of drug-likeness (QED) is 0.843. The minimum atomic E-state index is -0.833. The van der Waals surface area contributed by atoms with Crippen molar-refractivity contribution in [1.82, 2.24) is 0 Å². The fraction of sp³-hybridized carbons (Fsp3) is 0.462. The molecule has 0 saturated heterocycles. The van der Waals surface area contributed by atoms with Gasteiger partial charge in [-0.1, -0.05) is 37.3 Å². The highest BCUT2D eigenvalue weighted by molar-refractivity contribution is 5.62. The van der Waals surface area contributed by atoms with E-state index in [1.807, 2.05) is 13.0 Å². The van der Waals surface area contributed by atoms with Gasteiger partial charge in [0.1, 0.15) is 0 Å². The van der Waals surface area contributed by atoms with E-state index >= 15 is 0 Å². The Kier molecular flexibility index (Phi) is 14.6. The Morgan fingerprint density at radius 2 is 1.62 bits per heavy atom. The lowest BCUT2D eigenvalue weighted by molar-refractivity contribution is -0.134. The molecule has 1 aromatic carbocycles. The molecule has 0 fully saturated rings. The van der Waals surface area contributed by atoms with Gasteiger partial charge in [0.25, 0.3) is 5.97 Å². The Morgan fingerprint density at radius 3 is 1.81 bits per heavy atom. The van der Waals surface area contributed by atoms with Crippen LogP contribution in [0.3, 0.4) is 0 Å². The molecule has 3 heteroatoms. The number of carboxylic acid groups (broad SMARTS) is 1. The van der Waals surface area contributed by atoms with Crippen LogP contribution in [0.15, 0.2) is 30.3 Å². The average molecular weight is 226 g/mol. The third kappa shape index (κ3) is 18.4. The highest BCUT2D eigenvalue weighted by Crippen LogP contribution is 1.96. The van der Waals surface area contributed by atoms with Crippen LogP contribution in [0.2, 0.25) is 0 Å². The molecule has 1 aromatic rings. The number of aliphatic carboxylic acids is 1. The molecule has 0 heterocycles. The number of hydrogen-bond acceptors (Lipinski definition) is 2. The molecule has 0 saturated carbocycles. The smallest absolute Gasteiger partial charge is 0.300 e. The molecule has 0 aromatic heterocycles. The largest absolute Gasteiger partial charge is 0.481 e. The lowest BCUT2D eigenvalue weighted by Crippen LogP contribution is -1.78. The zero-order chi connectivity index (χ0) is 12.8. The van der Waals surface area contributed by atoms with E-state index in [0.717, 1.165) is 20.0 Å². The second kappa shape index (κ2) is 13.7. The summed E-state index contributed by atoms with van der Waals surface area (Å²) in [6.07, 6.45) is 1.14.